The van der Waals surface area contributed by atoms with Crippen LogP contribution in [0.2, 0.25) is 0 Å². The SMILES string of the molecule is CCn1ncc(C(C)NC(=O)c2ccc(COc3ccc([N+](=O)[O-])cc3)o2)c1C. The minimum Gasteiger partial charge on any atom is -0.486 e. The third-order valence-corrected chi connectivity index (χ3v) is 4.57. The number of non-ortho nitro benzene ring substituents is 1. The minimum atomic E-state index is -0.475. The first-order valence-corrected chi connectivity index (χ1v) is 9.18. The van der Waals surface area contributed by atoms with E-state index in [-0.39, 0.29) is 30.0 Å². The highest BCUT2D eigenvalue weighted by Crippen LogP contribution is 2.20. The monoisotopic (exact) mass is 398 g/mol. The molecule has 152 valence electrons. The topological polar surface area (TPSA) is 112 Å². The second-order valence-corrected chi connectivity index (χ2v) is 6.50. The number of aromatic nitrogens is 2. The molecule has 1 atom stereocenters. The average Bonchev–Trinajstić information content (AvgIpc) is 3.33. The van der Waals surface area contributed by atoms with Gasteiger partial charge in [0.2, 0.25) is 0 Å². The molecule has 1 unspecified atom stereocenters. The maximum Gasteiger partial charge on any atom is 0.287 e. The van der Waals surface area contributed by atoms with Gasteiger partial charge in [-0.15, -0.1) is 0 Å². The Bertz CT molecular complexity index is 1010. The number of nitrogens with zero attached hydrogens (tertiary/aromatic N) is 3. The fraction of sp³-hybridized carbons (Fsp3) is 0.300. The third kappa shape index (κ3) is 4.63. The minimum absolute atomic E-state index is 0.0110. The van der Waals surface area contributed by atoms with Crippen molar-refractivity contribution in [1.82, 2.24) is 15.1 Å². The first kappa shape index (κ1) is 20.1. The van der Waals surface area contributed by atoms with Crippen molar-refractivity contribution in [3.63, 3.8) is 0 Å². The second kappa shape index (κ2) is 8.59. The number of aryl methyl sites for hydroxylation is 1. The van der Waals surface area contributed by atoms with Crippen molar-refractivity contribution in [1.29, 1.82) is 0 Å². The van der Waals surface area contributed by atoms with Crippen LogP contribution in [0.15, 0.2) is 47.0 Å². The van der Waals surface area contributed by atoms with Crippen LogP contribution in [-0.2, 0) is 13.2 Å². The van der Waals surface area contributed by atoms with Gasteiger partial charge in [0, 0.05) is 29.9 Å². The molecule has 2 aromatic heterocycles. The number of benzene rings is 1. The molecule has 1 amide bonds. The van der Waals surface area contributed by atoms with Gasteiger partial charge in [0.1, 0.15) is 18.1 Å². The number of furan rings is 1. The molecule has 1 N–H and O–H groups in total. The molecule has 1 aromatic carbocycles. The summed E-state index contributed by atoms with van der Waals surface area (Å²) in [5.74, 6) is 0.786. The van der Waals surface area contributed by atoms with Gasteiger partial charge >= 0.3 is 0 Å². The van der Waals surface area contributed by atoms with Crippen molar-refractivity contribution in [2.24, 2.45) is 0 Å². The molecule has 0 radical (unpaired) electrons. The van der Waals surface area contributed by atoms with Gasteiger partial charge in [0.05, 0.1) is 17.2 Å². The summed E-state index contributed by atoms with van der Waals surface area (Å²) in [5.41, 5.74) is 1.95. The zero-order chi connectivity index (χ0) is 21.0. The predicted molar refractivity (Wildman–Crippen MR) is 105 cm³/mol. The molecule has 0 aliphatic carbocycles. The highest BCUT2D eigenvalue weighted by atomic mass is 16.6. The van der Waals surface area contributed by atoms with E-state index in [2.05, 4.69) is 10.4 Å². The van der Waals surface area contributed by atoms with E-state index in [0.717, 1.165) is 17.8 Å². The lowest BCUT2D eigenvalue weighted by atomic mass is 10.1. The molecule has 0 aliphatic heterocycles. The number of carbonyl (C=O) groups excluding carboxylic acids is 1. The lowest BCUT2D eigenvalue weighted by Crippen LogP contribution is -2.26. The number of nitrogens with one attached hydrogen (secondary N) is 1. The number of rotatable bonds is 8. The summed E-state index contributed by atoms with van der Waals surface area (Å²) in [5, 5.41) is 17.9. The van der Waals surface area contributed by atoms with Crippen molar-refractivity contribution >= 4 is 11.6 Å². The largest absolute Gasteiger partial charge is 0.486 e. The molecule has 3 rings (SSSR count). The van der Waals surface area contributed by atoms with Crippen LogP contribution in [0.5, 0.6) is 5.75 Å². The van der Waals surface area contributed by atoms with Crippen LogP contribution in [0, 0.1) is 17.0 Å². The summed E-state index contributed by atoms with van der Waals surface area (Å²) >= 11 is 0. The van der Waals surface area contributed by atoms with Gasteiger partial charge in [-0.05, 0) is 45.0 Å². The first-order valence-electron chi connectivity index (χ1n) is 9.18. The van der Waals surface area contributed by atoms with E-state index in [0.29, 0.717) is 11.5 Å². The normalized spacial score (nSPS) is 11.8. The molecule has 9 nitrogen and oxygen atoms in total. The predicted octanol–water partition coefficient (Wildman–Crippen LogP) is 3.78. The summed E-state index contributed by atoms with van der Waals surface area (Å²) in [6.45, 7) is 6.74. The number of hydrogen-bond donors (Lipinski definition) is 1. The third-order valence-electron chi connectivity index (χ3n) is 4.57. The molecule has 29 heavy (non-hydrogen) atoms. The van der Waals surface area contributed by atoms with E-state index < -0.39 is 4.92 Å². The number of ether oxygens (including phenoxy) is 1. The number of hydrogen-bond acceptors (Lipinski definition) is 6. The fourth-order valence-corrected chi connectivity index (χ4v) is 2.95. The van der Waals surface area contributed by atoms with Crippen molar-refractivity contribution < 1.29 is 18.9 Å². The molecular formula is C20H22N4O5. The zero-order valence-electron chi connectivity index (χ0n) is 16.4. The molecule has 0 spiro atoms. The van der Waals surface area contributed by atoms with Gasteiger partial charge in [-0.25, -0.2) is 0 Å². The molecule has 3 aromatic rings. The average molecular weight is 398 g/mol. The smallest absolute Gasteiger partial charge is 0.287 e. The Hall–Kier alpha value is -3.62. The Morgan fingerprint density at radius 1 is 1.31 bits per heavy atom. The zero-order valence-corrected chi connectivity index (χ0v) is 16.4. The lowest BCUT2D eigenvalue weighted by Gasteiger charge is -2.13. The van der Waals surface area contributed by atoms with E-state index >= 15 is 0 Å². The molecule has 0 saturated heterocycles. The molecule has 0 fully saturated rings. The van der Waals surface area contributed by atoms with Crippen LogP contribution in [0.4, 0.5) is 5.69 Å². The highest BCUT2D eigenvalue weighted by molar-refractivity contribution is 5.91. The van der Waals surface area contributed by atoms with E-state index in [1.165, 1.54) is 24.3 Å². The van der Waals surface area contributed by atoms with Gasteiger partial charge < -0.3 is 14.5 Å². The quantitative estimate of drug-likeness (QED) is 0.456. The summed E-state index contributed by atoms with van der Waals surface area (Å²) < 4.78 is 13.0. The van der Waals surface area contributed by atoms with Crippen molar-refractivity contribution in [3.8, 4) is 5.75 Å². The Kier molecular flexibility index (Phi) is 5.96. The summed E-state index contributed by atoms with van der Waals surface area (Å²) in [7, 11) is 0. The van der Waals surface area contributed by atoms with Crippen LogP contribution in [0.1, 0.15) is 47.5 Å². The molecule has 9 heteroatoms. The van der Waals surface area contributed by atoms with Crippen LogP contribution in [0.3, 0.4) is 0 Å². The van der Waals surface area contributed by atoms with E-state index in [1.54, 1.807) is 18.3 Å². The number of carbonyl (C=O) groups is 1. The van der Waals surface area contributed by atoms with E-state index in [9.17, 15) is 14.9 Å². The van der Waals surface area contributed by atoms with Gasteiger partial charge in [0.25, 0.3) is 11.6 Å². The molecule has 0 bridgehead atoms. The summed E-state index contributed by atoms with van der Waals surface area (Å²) in [4.78, 5) is 22.7. The second-order valence-electron chi connectivity index (χ2n) is 6.50. The standard InChI is InChI=1S/C20H22N4O5/c1-4-23-14(3)18(11-21-23)13(2)22-20(25)19-10-9-17(29-19)12-28-16-7-5-15(6-8-16)24(26)27/h5-11,13H,4,12H2,1-3H3,(H,22,25). The van der Waals surface area contributed by atoms with E-state index in [4.69, 9.17) is 9.15 Å². The van der Waals surface area contributed by atoms with Gasteiger partial charge in [-0.3, -0.25) is 19.6 Å². The molecular weight excluding hydrogens is 376 g/mol. The number of nitro benzene ring substituents is 1. The van der Waals surface area contributed by atoms with Crippen LogP contribution < -0.4 is 10.1 Å². The Morgan fingerprint density at radius 2 is 2.03 bits per heavy atom. The Labute approximate surface area is 167 Å². The van der Waals surface area contributed by atoms with Crippen molar-refractivity contribution in [2.45, 2.75) is 40.0 Å². The van der Waals surface area contributed by atoms with Crippen molar-refractivity contribution in [3.05, 3.63) is 75.5 Å². The maximum absolute atomic E-state index is 12.5. The Balaban J connectivity index is 1.57. The van der Waals surface area contributed by atoms with Crippen LogP contribution in [-0.4, -0.2) is 20.6 Å². The number of nitro groups is 1. The maximum atomic E-state index is 12.5. The Morgan fingerprint density at radius 3 is 2.66 bits per heavy atom. The van der Waals surface area contributed by atoms with Crippen LogP contribution in [0.25, 0.3) is 0 Å². The number of amides is 1. The van der Waals surface area contributed by atoms with Gasteiger partial charge in [-0.2, -0.15) is 5.10 Å². The fourth-order valence-electron chi connectivity index (χ4n) is 2.95. The summed E-state index contributed by atoms with van der Waals surface area (Å²) in [6, 6.07) is 8.77. The van der Waals surface area contributed by atoms with Gasteiger partial charge in [0.15, 0.2) is 5.76 Å². The van der Waals surface area contributed by atoms with Crippen molar-refractivity contribution in [2.75, 3.05) is 0 Å². The first-order chi connectivity index (χ1) is 13.9. The highest BCUT2D eigenvalue weighted by Gasteiger charge is 2.18. The molecule has 0 aliphatic rings. The molecule has 0 saturated carbocycles. The molecule has 2 heterocycles. The summed E-state index contributed by atoms with van der Waals surface area (Å²) in [6.07, 6.45) is 1.76. The van der Waals surface area contributed by atoms with Gasteiger partial charge in [-0.1, -0.05) is 0 Å². The lowest BCUT2D eigenvalue weighted by molar-refractivity contribution is -0.384. The van der Waals surface area contributed by atoms with E-state index in [1.807, 2.05) is 25.5 Å². The van der Waals surface area contributed by atoms with Crippen LogP contribution >= 0.6 is 0 Å².